The number of rotatable bonds is 2. The fourth-order valence-electron chi connectivity index (χ4n) is 2.01. The van der Waals surface area contributed by atoms with Crippen molar-refractivity contribution in [3.8, 4) is 0 Å². The van der Waals surface area contributed by atoms with Crippen molar-refractivity contribution in [1.82, 2.24) is 9.97 Å². The summed E-state index contributed by atoms with van der Waals surface area (Å²) >= 11 is 0. The smallest absolute Gasteiger partial charge is 0.305 e. The summed E-state index contributed by atoms with van der Waals surface area (Å²) in [5.41, 5.74) is 3.11. The minimum Gasteiger partial charge on any atom is -0.305 e. The van der Waals surface area contributed by atoms with Gasteiger partial charge in [-0.2, -0.15) is 0 Å². The molecule has 0 spiro atoms. The maximum atomic E-state index is 11.3. The monoisotopic (exact) mass is 230 g/mol. The first-order chi connectivity index (χ1) is 7.99. The molecule has 1 N–H and O–H groups in total. The Kier molecular flexibility index (Phi) is 3.01. The zero-order chi connectivity index (χ0) is 12.6. The Labute approximate surface area is 101 Å². The molecule has 0 bridgehead atoms. The summed E-state index contributed by atoms with van der Waals surface area (Å²) in [7, 11) is 0. The quantitative estimate of drug-likeness (QED) is 0.861. The zero-order valence-corrected chi connectivity index (χ0v) is 10.7. The van der Waals surface area contributed by atoms with Crippen LogP contribution in [0.25, 0.3) is 10.9 Å². The summed E-state index contributed by atoms with van der Waals surface area (Å²) < 4.78 is 0. The average Bonchev–Trinajstić information content (AvgIpc) is 2.27. The maximum Gasteiger partial charge on any atom is 0.345 e. The molecule has 1 aromatic carbocycles. The van der Waals surface area contributed by atoms with Crippen LogP contribution in [-0.4, -0.2) is 9.97 Å². The first-order valence-corrected chi connectivity index (χ1v) is 6.02. The molecule has 90 valence electrons. The van der Waals surface area contributed by atoms with Crippen LogP contribution in [0.5, 0.6) is 0 Å². The first kappa shape index (κ1) is 11.8. The maximum absolute atomic E-state index is 11.3. The largest absolute Gasteiger partial charge is 0.345 e. The normalized spacial score (nSPS) is 11.6. The van der Waals surface area contributed by atoms with Crippen LogP contribution in [0.3, 0.4) is 0 Å². The minimum atomic E-state index is -0.281. The molecule has 0 atom stereocenters. The summed E-state index contributed by atoms with van der Waals surface area (Å²) in [6, 6.07) is 4.29. The van der Waals surface area contributed by atoms with Crippen LogP contribution in [0.4, 0.5) is 0 Å². The molecule has 0 aliphatic rings. The summed E-state index contributed by atoms with van der Waals surface area (Å²) in [6.45, 7) is 8.62. The highest BCUT2D eigenvalue weighted by atomic mass is 16.1. The van der Waals surface area contributed by atoms with Crippen molar-refractivity contribution in [2.24, 2.45) is 0 Å². The number of nitrogens with zero attached hydrogens (tertiary/aromatic N) is 1. The molecular formula is C14H18N2O. The van der Waals surface area contributed by atoms with Gasteiger partial charge in [0.15, 0.2) is 0 Å². The highest BCUT2D eigenvalue weighted by molar-refractivity contribution is 5.82. The molecule has 0 saturated heterocycles. The molecule has 0 aliphatic heterocycles. The van der Waals surface area contributed by atoms with Crippen LogP contribution in [0, 0.1) is 0 Å². The van der Waals surface area contributed by atoms with Gasteiger partial charge < -0.3 is 4.98 Å². The third kappa shape index (κ3) is 2.23. The molecular weight excluding hydrogens is 212 g/mol. The third-order valence-electron chi connectivity index (χ3n) is 3.06. The van der Waals surface area contributed by atoms with Gasteiger partial charge in [-0.3, -0.25) is 0 Å². The van der Waals surface area contributed by atoms with Gasteiger partial charge in [-0.1, -0.05) is 33.8 Å². The highest BCUT2D eigenvalue weighted by Gasteiger charge is 2.10. The molecule has 3 nitrogen and oxygen atoms in total. The van der Waals surface area contributed by atoms with Gasteiger partial charge in [-0.05, 0) is 29.0 Å². The van der Waals surface area contributed by atoms with Crippen molar-refractivity contribution in [2.45, 2.75) is 39.5 Å². The molecule has 0 aliphatic carbocycles. The molecule has 17 heavy (non-hydrogen) atoms. The average molecular weight is 230 g/mol. The molecule has 1 heterocycles. The molecule has 0 amide bonds. The van der Waals surface area contributed by atoms with Gasteiger partial charge in [0, 0.05) is 11.6 Å². The second-order valence-electron chi connectivity index (χ2n) is 5.07. The highest BCUT2D eigenvalue weighted by Crippen LogP contribution is 2.27. The number of hydrogen-bond acceptors (Lipinski definition) is 2. The Bertz CT molecular complexity index is 597. The molecule has 0 radical (unpaired) electrons. The lowest BCUT2D eigenvalue weighted by Crippen LogP contribution is -2.10. The van der Waals surface area contributed by atoms with Gasteiger partial charge >= 0.3 is 5.69 Å². The number of aromatic nitrogens is 2. The van der Waals surface area contributed by atoms with E-state index in [-0.39, 0.29) is 5.69 Å². The Balaban J connectivity index is 2.81. The summed E-state index contributed by atoms with van der Waals surface area (Å²) in [5.74, 6) is 0.859. The topological polar surface area (TPSA) is 45.8 Å². The SMILES string of the molecule is CC(C)c1cc(C(C)C)c2[nH]c(=O)ncc2c1. The minimum absolute atomic E-state index is 0.281. The standard InChI is InChI=1S/C14H18N2O/c1-8(2)10-5-11-7-15-14(17)16-13(11)12(6-10)9(3)4/h5-9H,1-4H3,(H,15,16,17). The van der Waals surface area contributed by atoms with E-state index in [1.807, 2.05) is 0 Å². The van der Waals surface area contributed by atoms with Crippen molar-refractivity contribution >= 4 is 10.9 Å². The van der Waals surface area contributed by atoms with E-state index in [4.69, 9.17) is 0 Å². The molecule has 0 unspecified atom stereocenters. The van der Waals surface area contributed by atoms with Crippen LogP contribution in [0.15, 0.2) is 23.1 Å². The van der Waals surface area contributed by atoms with E-state index in [1.165, 1.54) is 11.1 Å². The van der Waals surface area contributed by atoms with Crippen LogP contribution in [-0.2, 0) is 0 Å². The van der Waals surface area contributed by atoms with E-state index in [9.17, 15) is 4.79 Å². The molecule has 2 rings (SSSR count). The van der Waals surface area contributed by atoms with Crippen molar-refractivity contribution < 1.29 is 0 Å². The zero-order valence-electron chi connectivity index (χ0n) is 10.7. The van der Waals surface area contributed by atoms with Crippen LogP contribution < -0.4 is 5.69 Å². The van der Waals surface area contributed by atoms with E-state index >= 15 is 0 Å². The van der Waals surface area contributed by atoms with Crippen LogP contribution >= 0.6 is 0 Å². The Morgan fingerprint density at radius 2 is 1.82 bits per heavy atom. The summed E-state index contributed by atoms with van der Waals surface area (Å²) in [4.78, 5) is 17.9. The van der Waals surface area contributed by atoms with Gasteiger partial charge in [0.1, 0.15) is 0 Å². The fraction of sp³-hybridized carbons (Fsp3) is 0.429. The Morgan fingerprint density at radius 3 is 2.41 bits per heavy atom. The van der Waals surface area contributed by atoms with E-state index in [1.54, 1.807) is 6.20 Å². The molecule has 1 aromatic heterocycles. The number of nitrogens with one attached hydrogen (secondary N) is 1. The van der Waals surface area contributed by atoms with E-state index in [0.717, 1.165) is 10.9 Å². The van der Waals surface area contributed by atoms with Gasteiger partial charge in [0.25, 0.3) is 0 Å². The second-order valence-corrected chi connectivity index (χ2v) is 5.07. The van der Waals surface area contributed by atoms with Crippen LogP contribution in [0.1, 0.15) is 50.7 Å². The van der Waals surface area contributed by atoms with Crippen molar-refractivity contribution in [2.75, 3.05) is 0 Å². The van der Waals surface area contributed by atoms with Crippen LogP contribution in [0.2, 0.25) is 0 Å². The predicted octanol–water partition coefficient (Wildman–Crippen LogP) is 3.17. The Morgan fingerprint density at radius 1 is 1.12 bits per heavy atom. The van der Waals surface area contributed by atoms with E-state index in [0.29, 0.717) is 11.8 Å². The second kappa shape index (κ2) is 4.32. The number of H-pyrrole nitrogens is 1. The third-order valence-corrected chi connectivity index (χ3v) is 3.06. The number of fused-ring (bicyclic) bond motifs is 1. The lowest BCUT2D eigenvalue weighted by Gasteiger charge is -2.14. The fourth-order valence-corrected chi connectivity index (χ4v) is 2.01. The first-order valence-electron chi connectivity index (χ1n) is 6.02. The molecule has 0 saturated carbocycles. The number of aromatic amines is 1. The van der Waals surface area contributed by atoms with Crippen molar-refractivity contribution in [3.63, 3.8) is 0 Å². The van der Waals surface area contributed by atoms with Crippen molar-refractivity contribution in [1.29, 1.82) is 0 Å². The Hall–Kier alpha value is -1.64. The summed E-state index contributed by atoms with van der Waals surface area (Å²) in [6.07, 6.45) is 1.66. The summed E-state index contributed by atoms with van der Waals surface area (Å²) in [5, 5.41) is 1.01. The van der Waals surface area contributed by atoms with E-state index < -0.39 is 0 Å². The molecule has 0 fully saturated rings. The van der Waals surface area contributed by atoms with Gasteiger partial charge in [-0.15, -0.1) is 0 Å². The van der Waals surface area contributed by atoms with Gasteiger partial charge in [0.2, 0.25) is 0 Å². The number of hydrogen-bond donors (Lipinski definition) is 1. The lowest BCUT2D eigenvalue weighted by molar-refractivity contribution is 0.838. The molecule has 2 aromatic rings. The van der Waals surface area contributed by atoms with Crippen molar-refractivity contribution in [3.05, 3.63) is 39.9 Å². The van der Waals surface area contributed by atoms with Gasteiger partial charge in [0.05, 0.1) is 5.52 Å². The van der Waals surface area contributed by atoms with E-state index in [2.05, 4.69) is 49.8 Å². The number of benzene rings is 1. The molecule has 3 heteroatoms. The van der Waals surface area contributed by atoms with Gasteiger partial charge in [-0.25, -0.2) is 9.78 Å². The predicted molar refractivity (Wildman–Crippen MR) is 70.5 cm³/mol. The lowest BCUT2D eigenvalue weighted by atomic mass is 9.93.